The highest BCUT2D eigenvalue weighted by Crippen LogP contribution is 2.16. The van der Waals surface area contributed by atoms with E-state index in [4.69, 9.17) is 4.74 Å². The zero-order valence-electron chi connectivity index (χ0n) is 43.0. The van der Waals surface area contributed by atoms with Gasteiger partial charge in [-0.05, 0) is 57.8 Å². The molecule has 6 heteroatoms. The lowest BCUT2D eigenvalue weighted by Gasteiger charge is -2.20. The predicted molar refractivity (Wildman–Crippen MR) is 278 cm³/mol. The summed E-state index contributed by atoms with van der Waals surface area (Å²) in [6, 6.07) is -0.637. The molecule has 0 radical (unpaired) electrons. The number of nitrogens with one attached hydrogen (secondary N) is 1. The first-order valence-corrected chi connectivity index (χ1v) is 28.6. The van der Waals surface area contributed by atoms with E-state index in [9.17, 15) is 19.8 Å². The third kappa shape index (κ3) is 49.8. The molecule has 378 valence electrons. The molecule has 6 nitrogen and oxygen atoms in total. The van der Waals surface area contributed by atoms with E-state index in [1.807, 2.05) is 6.08 Å². The van der Waals surface area contributed by atoms with E-state index in [0.717, 1.165) is 57.8 Å². The fourth-order valence-corrected chi connectivity index (χ4v) is 8.81. The zero-order chi connectivity index (χ0) is 46.5. The van der Waals surface area contributed by atoms with Crippen LogP contribution in [0.4, 0.5) is 0 Å². The summed E-state index contributed by atoms with van der Waals surface area (Å²) >= 11 is 0. The van der Waals surface area contributed by atoms with E-state index in [0.29, 0.717) is 19.4 Å². The molecule has 0 aromatic heterocycles. The minimum Gasteiger partial charge on any atom is -0.466 e. The van der Waals surface area contributed by atoms with Crippen molar-refractivity contribution in [3.05, 3.63) is 24.3 Å². The molecule has 64 heavy (non-hydrogen) atoms. The van der Waals surface area contributed by atoms with Gasteiger partial charge in [-0.25, -0.2) is 0 Å². The Morgan fingerprint density at radius 3 is 1.11 bits per heavy atom. The van der Waals surface area contributed by atoms with Gasteiger partial charge in [0.2, 0.25) is 5.91 Å². The van der Waals surface area contributed by atoms with Gasteiger partial charge in [-0.1, -0.05) is 263 Å². The SMILES string of the molecule is CCCCCCCCCCCCCCCCCCC/C=C/C(O)C(CO)NC(=O)CCCCCCCCC/C=C\CCCCCCCCOC(=O)CCCCCCCCCCCCC. The summed E-state index contributed by atoms with van der Waals surface area (Å²) in [5.74, 6) is -0.0808. The quantitative estimate of drug-likeness (QED) is 0.0321. The lowest BCUT2D eigenvalue weighted by atomic mass is 10.0. The second kappa shape index (κ2) is 54.0. The molecule has 0 fully saturated rings. The monoisotopic (exact) mass is 902 g/mol. The van der Waals surface area contributed by atoms with Gasteiger partial charge in [0.25, 0.3) is 0 Å². The normalized spacial score (nSPS) is 12.8. The Morgan fingerprint density at radius 1 is 0.422 bits per heavy atom. The lowest BCUT2D eigenvalue weighted by molar-refractivity contribution is -0.143. The molecule has 0 spiro atoms. The van der Waals surface area contributed by atoms with Gasteiger partial charge in [-0.15, -0.1) is 0 Å². The van der Waals surface area contributed by atoms with Crippen LogP contribution in [0.25, 0.3) is 0 Å². The molecule has 0 heterocycles. The van der Waals surface area contributed by atoms with Crippen LogP contribution in [-0.2, 0) is 14.3 Å². The van der Waals surface area contributed by atoms with Crippen molar-refractivity contribution in [2.45, 2.75) is 321 Å². The number of carbonyl (C=O) groups excluding carboxylic acids is 2. The largest absolute Gasteiger partial charge is 0.466 e. The van der Waals surface area contributed by atoms with Crippen molar-refractivity contribution in [2.75, 3.05) is 13.2 Å². The molecule has 0 aliphatic rings. The molecular formula is C58H111NO5. The van der Waals surface area contributed by atoms with Crippen LogP contribution in [0.3, 0.4) is 0 Å². The first kappa shape index (κ1) is 62.3. The van der Waals surface area contributed by atoms with E-state index < -0.39 is 12.1 Å². The number of hydrogen-bond acceptors (Lipinski definition) is 5. The molecule has 0 aliphatic heterocycles. The fourth-order valence-electron chi connectivity index (χ4n) is 8.81. The van der Waals surface area contributed by atoms with Crippen LogP contribution in [0.5, 0.6) is 0 Å². The minimum absolute atomic E-state index is 0.00289. The van der Waals surface area contributed by atoms with Gasteiger partial charge in [0.1, 0.15) is 0 Å². The summed E-state index contributed by atoms with van der Waals surface area (Å²) in [7, 11) is 0. The molecule has 3 N–H and O–H groups in total. The number of aliphatic hydroxyl groups is 2. The second-order valence-electron chi connectivity index (χ2n) is 19.6. The van der Waals surface area contributed by atoms with Crippen LogP contribution in [0.1, 0.15) is 309 Å². The van der Waals surface area contributed by atoms with Crippen LogP contribution in [0.15, 0.2) is 24.3 Å². The Morgan fingerprint density at radius 2 is 0.734 bits per heavy atom. The molecule has 0 bridgehead atoms. The molecule has 0 rings (SSSR count). The number of allylic oxidation sites excluding steroid dienone is 3. The second-order valence-corrected chi connectivity index (χ2v) is 19.6. The van der Waals surface area contributed by atoms with Crippen molar-refractivity contribution in [2.24, 2.45) is 0 Å². The summed E-state index contributed by atoms with van der Waals surface area (Å²) in [5, 5.41) is 23.1. The average molecular weight is 903 g/mol. The Bertz CT molecular complexity index is 997. The summed E-state index contributed by atoms with van der Waals surface area (Å²) in [4.78, 5) is 24.4. The zero-order valence-corrected chi connectivity index (χ0v) is 43.0. The van der Waals surface area contributed by atoms with Gasteiger partial charge in [-0.3, -0.25) is 9.59 Å². The smallest absolute Gasteiger partial charge is 0.305 e. The minimum atomic E-state index is -0.852. The predicted octanol–water partition coefficient (Wildman–Crippen LogP) is 17.5. The van der Waals surface area contributed by atoms with Gasteiger partial charge in [0.15, 0.2) is 0 Å². The number of amides is 1. The summed E-state index contributed by atoms with van der Waals surface area (Å²) < 4.78 is 5.45. The van der Waals surface area contributed by atoms with Crippen molar-refractivity contribution >= 4 is 11.9 Å². The maximum absolute atomic E-state index is 12.5. The summed E-state index contributed by atoms with van der Waals surface area (Å²) in [6.07, 6.45) is 64.8. The third-order valence-electron chi connectivity index (χ3n) is 13.2. The molecule has 2 unspecified atom stereocenters. The third-order valence-corrected chi connectivity index (χ3v) is 13.2. The Balaban J connectivity index is 3.50. The van der Waals surface area contributed by atoms with E-state index >= 15 is 0 Å². The van der Waals surface area contributed by atoms with E-state index in [-0.39, 0.29) is 18.5 Å². The van der Waals surface area contributed by atoms with Gasteiger partial charge < -0.3 is 20.3 Å². The van der Waals surface area contributed by atoms with E-state index in [2.05, 4.69) is 31.3 Å². The molecule has 0 aliphatic carbocycles. The maximum atomic E-state index is 12.5. The van der Waals surface area contributed by atoms with E-state index in [1.54, 1.807) is 6.08 Å². The number of esters is 1. The van der Waals surface area contributed by atoms with Gasteiger partial charge in [0.05, 0.1) is 25.4 Å². The molecule has 0 saturated carbocycles. The van der Waals surface area contributed by atoms with Crippen molar-refractivity contribution in [1.82, 2.24) is 5.32 Å². The molecule has 0 aromatic rings. The first-order valence-electron chi connectivity index (χ1n) is 28.6. The van der Waals surface area contributed by atoms with E-state index in [1.165, 1.54) is 225 Å². The highest BCUT2D eigenvalue weighted by molar-refractivity contribution is 5.76. The van der Waals surface area contributed by atoms with Crippen LogP contribution in [0, 0.1) is 0 Å². The number of aliphatic hydroxyl groups excluding tert-OH is 2. The van der Waals surface area contributed by atoms with Crippen molar-refractivity contribution in [3.63, 3.8) is 0 Å². The van der Waals surface area contributed by atoms with Gasteiger partial charge in [-0.2, -0.15) is 0 Å². The number of rotatable bonds is 53. The number of carbonyl (C=O) groups is 2. The Labute approximate surface area is 399 Å². The standard InChI is InChI=1S/C58H111NO5/c1-3-5-7-9-11-13-15-16-17-18-19-21-24-27-31-34-38-42-46-50-56(61)55(54-60)59-57(62)51-47-43-39-35-32-28-25-22-20-23-26-29-33-37-41-45-49-53-64-58(63)52-48-44-40-36-30-14-12-10-8-6-4-2/h20,23,46,50,55-56,60-61H,3-19,21-22,24-45,47-49,51-54H2,1-2H3,(H,59,62)/b23-20-,50-46+. The van der Waals surface area contributed by atoms with Crippen molar-refractivity contribution in [3.8, 4) is 0 Å². The molecule has 2 atom stereocenters. The van der Waals surface area contributed by atoms with Crippen molar-refractivity contribution in [1.29, 1.82) is 0 Å². The summed E-state index contributed by atoms with van der Waals surface area (Å²) in [5.41, 5.74) is 0. The number of hydrogen-bond donors (Lipinski definition) is 3. The highest BCUT2D eigenvalue weighted by atomic mass is 16.5. The Hall–Kier alpha value is -1.66. The van der Waals surface area contributed by atoms with Crippen molar-refractivity contribution < 1.29 is 24.5 Å². The fraction of sp³-hybridized carbons (Fsp3) is 0.897. The van der Waals surface area contributed by atoms with Gasteiger partial charge >= 0.3 is 5.97 Å². The van der Waals surface area contributed by atoms with Crippen LogP contribution in [0.2, 0.25) is 0 Å². The average Bonchev–Trinajstić information content (AvgIpc) is 3.29. The molecular weight excluding hydrogens is 791 g/mol. The van der Waals surface area contributed by atoms with Crippen LogP contribution >= 0.6 is 0 Å². The molecule has 1 amide bonds. The number of ether oxygens (including phenoxy) is 1. The highest BCUT2D eigenvalue weighted by Gasteiger charge is 2.18. The first-order chi connectivity index (χ1) is 31.5. The Kier molecular flexibility index (Phi) is 52.6. The maximum Gasteiger partial charge on any atom is 0.305 e. The number of unbranched alkanes of at least 4 members (excludes halogenated alkanes) is 40. The summed E-state index contributed by atoms with van der Waals surface area (Å²) in [6.45, 7) is 4.89. The lowest BCUT2D eigenvalue weighted by Crippen LogP contribution is -2.45. The van der Waals surface area contributed by atoms with Crippen LogP contribution in [-0.4, -0.2) is 47.4 Å². The molecule has 0 aromatic carbocycles. The molecule has 0 saturated heterocycles. The topological polar surface area (TPSA) is 95.9 Å². The van der Waals surface area contributed by atoms with Gasteiger partial charge in [0, 0.05) is 12.8 Å². The van der Waals surface area contributed by atoms with Crippen LogP contribution < -0.4 is 5.32 Å².